The Morgan fingerprint density at radius 1 is 1.21 bits per heavy atom. The van der Waals surface area contributed by atoms with Crippen LogP contribution >= 0.6 is 0 Å². The van der Waals surface area contributed by atoms with Gasteiger partial charge in [-0.1, -0.05) is 6.07 Å². The molecule has 100 valence electrons. The molecule has 0 unspecified atom stereocenters. The summed E-state index contributed by atoms with van der Waals surface area (Å²) in [5.74, 6) is 0. The highest BCUT2D eigenvalue weighted by Crippen LogP contribution is 1.95. The van der Waals surface area contributed by atoms with Gasteiger partial charge in [-0.2, -0.15) is 0 Å². The molecule has 0 saturated carbocycles. The van der Waals surface area contributed by atoms with Crippen molar-refractivity contribution in [2.75, 3.05) is 6.54 Å². The minimum atomic E-state index is -0.327. The lowest BCUT2D eigenvalue weighted by Crippen LogP contribution is -2.39. The molecule has 0 aliphatic heterocycles. The van der Waals surface area contributed by atoms with Crippen molar-refractivity contribution in [3.63, 3.8) is 0 Å². The second kappa shape index (κ2) is 6.10. The summed E-state index contributed by atoms with van der Waals surface area (Å²) in [4.78, 5) is 28.0. The van der Waals surface area contributed by atoms with Crippen LogP contribution in [0.25, 0.3) is 0 Å². The Morgan fingerprint density at radius 2 is 2.05 bits per heavy atom. The summed E-state index contributed by atoms with van der Waals surface area (Å²) < 4.78 is 2.68. The topological polar surface area (TPSA) is 82.9 Å². The number of aromatic nitrogens is 3. The third-order valence-electron chi connectivity index (χ3n) is 2.78. The van der Waals surface area contributed by atoms with E-state index < -0.39 is 0 Å². The third-order valence-corrected chi connectivity index (χ3v) is 2.78. The van der Waals surface area contributed by atoms with Crippen LogP contribution in [0.15, 0.2) is 46.2 Å². The lowest BCUT2D eigenvalue weighted by molar-refractivity contribution is 0.552. The van der Waals surface area contributed by atoms with Gasteiger partial charge in [0.25, 0.3) is 5.56 Å². The summed E-state index contributed by atoms with van der Waals surface area (Å²) in [5, 5.41) is 0. The van der Waals surface area contributed by atoms with E-state index in [4.69, 9.17) is 5.73 Å². The third kappa shape index (κ3) is 3.17. The van der Waals surface area contributed by atoms with E-state index in [9.17, 15) is 9.59 Å². The molecule has 0 aliphatic carbocycles. The van der Waals surface area contributed by atoms with Crippen LogP contribution in [0.2, 0.25) is 0 Å². The standard InChI is InChI=1S/C13H16N4O2/c14-6-3-8-17-12(18)5-9-16(13(17)19)10-11-4-1-2-7-15-11/h1-2,4-5,7,9H,3,6,8,10,14H2. The highest BCUT2D eigenvalue weighted by molar-refractivity contribution is 5.04. The van der Waals surface area contributed by atoms with E-state index >= 15 is 0 Å². The Labute approximate surface area is 110 Å². The van der Waals surface area contributed by atoms with Gasteiger partial charge in [0, 0.05) is 25.0 Å². The fourth-order valence-corrected chi connectivity index (χ4v) is 1.80. The van der Waals surface area contributed by atoms with Crippen molar-refractivity contribution in [2.24, 2.45) is 5.73 Å². The Hall–Kier alpha value is -2.21. The number of pyridine rings is 1. The first kappa shape index (κ1) is 13.2. The minimum absolute atomic E-state index is 0.296. The maximum atomic E-state index is 12.2. The fraction of sp³-hybridized carbons (Fsp3) is 0.308. The number of nitrogens with zero attached hydrogens (tertiary/aromatic N) is 3. The molecule has 2 heterocycles. The van der Waals surface area contributed by atoms with Crippen LogP contribution in [-0.4, -0.2) is 20.7 Å². The molecule has 0 aliphatic rings. The second-order valence-corrected chi connectivity index (χ2v) is 4.18. The number of hydrogen-bond acceptors (Lipinski definition) is 4. The van der Waals surface area contributed by atoms with Gasteiger partial charge >= 0.3 is 5.69 Å². The van der Waals surface area contributed by atoms with Gasteiger partial charge in [0.05, 0.1) is 12.2 Å². The molecule has 2 aromatic rings. The molecule has 2 aromatic heterocycles. The van der Waals surface area contributed by atoms with Crippen molar-refractivity contribution in [3.8, 4) is 0 Å². The molecule has 0 saturated heterocycles. The maximum absolute atomic E-state index is 12.2. The van der Waals surface area contributed by atoms with Crippen LogP contribution in [0, 0.1) is 0 Å². The lowest BCUT2D eigenvalue weighted by atomic mass is 10.3. The molecule has 19 heavy (non-hydrogen) atoms. The molecule has 0 fully saturated rings. The molecular formula is C13H16N4O2. The Morgan fingerprint density at radius 3 is 2.74 bits per heavy atom. The van der Waals surface area contributed by atoms with Gasteiger partial charge in [-0.05, 0) is 25.1 Å². The van der Waals surface area contributed by atoms with Crippen LogP contribution in [0.4, 0.5) is 0 Å². The molecular weight excluding hydrogens is 244 g/mol. The van der Waals surface area contributed by atoms with Crippen molar-refractivity contribution in [1.29, 1.82) is 0 Å². The van der Waals surface area contributed by atoms with Gasteiger partial charge in [-0.15, -0.1) is 0 Å². The highest BCUT2D eigenvalue weighted by Gasteiger charge is 2.05. The zero-order valence-electron chi connectivity index (χ0n) is 10.5. The lowest BCUT2D eigenvalue weighted by Gasteiger charge is -2.09. The van der Waals surface area contributed by atoms with Gasteiger partial charge in [-0.3, -0.25) is 18.9 Å². The van der Waals surface area contributed by atoms with Crippen molar-refractivity contribution in [3.05, 3.63) is 63.2 Å². The molecule has 2 N–H and O–H groups in total. The largest absolute Gasteiger partial charge is 0.331 e. The number of hydrogen-bond donors (Lipinski definition) is 1. The van der Waals surface area contributed by atoms with E-state index in [1.54, 1.807) is 6.20 Å². The van der Waals surface area contributed by atoms with Crippen LogP contribution in [-0.2, 0) is 13.1 Å². The van der Waals surface area contributed by atoms with E-state index in [2.05, 4.69) is 4.98 Å². The average molecular weight is 260 g/mol. The molecule has 6 nitrogen and oxygen atoms in total. The Kier molecular flexibility index (Phi) is 4.25. The minimum Gasteiger partial charge on any atom is -0.330 e. The number of rotatable bonds is 5. The van der Waals surface area contributed by atoms with Crippen LogP contribution in [0.1, 0.15) is 12.1 Å². The maximum Gasteiger partial charge on any atom is 0.331 e. The normalized spacial score (nSPS) is 10.6. The van der Waals surface area contributed by atoms with E-state index in [-0.39, 0.29) is 11.2 Å². The zero-order chi connectivity index (χ0) is 13.7. The number of nitrogens with two attached hydrogens (primary N) is 1. The SMILES string of the molecule is NCCCn1c(=O)ccn(Cc2ccccn2)c1=O. The highest BCUT2D eigenvalue weighted by atomic mass is 16.2. The zero-order valence-corrected chi connectivity index (χ0v) is 10.5. The molecule has 0 aromatic carbocycles. The van der Waals surface area contributed by atoms with Gasteiger partial charge < -0.3 is 5.73 Å². The Bertz CT molecular complexity index is 646. The molecule has 0 amide bonds. The van der Waals surface area contributed by atoms with Crippen molar-refractivity contribution in [1.82, 2.24) is 14.1 Å². The molecule has 0 bridgehead atoms. The summed E-state index contributed by atoms with van der Waals surface area (Å²) >= 11 is 0. The van der Waals surface area contributed by atoms with Gasteiger partial charge in [0.15, 0.2) is 0 Å². The van der Waals surface area contributed by atoms with E-state index in [1.807, 2.05) is 18.2 Å². The Balaban J connectivity index is 2.32. The van der Waals surface area contributed by atoms with Crippen molar-refractivity contribution >= 4 is 0 Å². The van der Waals surface area contributed by atoms with E-state index in [0.29, 0.717) is 26.1 Å². The summed E-state index contributed by atoms with van der Waals surface area (Å²) in [7, 11) is 0. The summed E-state index contributed by atoms with van der Waals surface area (Å²) in [6.45, 7) is 1.14. The fourth-order valence-electron chi connectivity index (χ4n) is 1.80. The predicted molar refractivity (Wildman–Crippen MR) is 72.0 cm³/mol. The van der Waals surface area contributed by atoms with Crippen LogP contribution < -0.4 is 17.0 Å². The van der Waals surface area contributed by atoms with Crippen molar-refractivity contribution in [2.45, 2.75) is 19.5 Å². The van der Waals surface area contributed by atoms with Gasteiger partial charge in [-0.25, -0.2) is 4.79 Å². The van der Waals surface area contributed by atoms with E-state index in [0.717, 1.165) is 5.69 Å². The monoisotopic (exact) mass is 260 g/mol. The summed E-state index contributed by atoms with van der Waals surface area (Å²) in [6, 6.07) is 6.90. The smallest absolute Gasteiger partial charge is 0.330 e. The van der Waals surface area contributed by atoms with Gasteiger partial charge in [0.1, 0.15) is 0 Å². The second-order valence-electron chi connectivity index (χ2n) is 4.18. The first-order valence-corrected chi connectivity index (χ1v) is 6.12. The van der Waals surface area contributed by atoms with Crippen LogP contribution in [0.5, 0.6) is 0 Å². The predicted octanol–water partition coefficient (Wildman–Crippen LogP) is -0.198. The van der Waals surface area contributed by atoms with Crippen molar-refractivity contribution < 1.29 is 0 Å². The quantitative estimate of drug-likeness (QED) is 0.807. The molecule has 0 atom stereocenters. The molecule has 0 radical (unpaired) electrons. The van der Waals surface area contributed by atoms with E-state index in [1.165, 1.54) is 21.4 Å². The summed E-state index contributed by atoms with van der Waals surface area (Å²) in [5.41, 5.74) is 5.55. The molecule has 0 spiro atoms. The molecule has 2 rings (SSSR count). The first-order chi connectivity index (χ1) is 9.22. The first-order valence-electron chi connectivity index (χ1n) is 6.12. The molecule has 6 heteroatoms. The average Bonchev–Trinajstić information content (AvgIpc) is 2.43. The van der Waals surface area contributed by atoms with Gasteiger partial charge in [0.2, 0.25) is 0 Å². The van der Waals surface area contributed by atoms with Crippen LogP contribution in [0.3, 0.4) is 0 Å². The summed E-state index contributed by atoms with van der Waals surface area (Å²) in [6.07, 6.45) is 3.77.